The highest BCUT2D eigenvalue weighted by atomic mass is 16.5. The molecule has 21 heavy (non-hydrogen) atoms. The number of rotatable bonds is 8. The molecule has 0 saturated heterocycles. The molecule has 0 aliphatic heterocycles. The number of carbonyl (C=O) groups excluding carboxylic acids is 1. The summed E-state index contributed by atoms with van der Waals surface area (Å²) in [6.45, 7) is 4.67. The predicted octanol–water partition coefficient (Wildman–Crippen LogP) is 1.62. The fraction of sp³-hybridized carbons (Fsp3) is 0.562. The molecule has 118 valence electrons. The summed E-state index contributed by atoms with van der Waals surface area (Å²) >= 11 is 0. The van der Waals surface area contributed by atoms with E-state index in [0.29, 0.717) is 30.9 Å². The maximum atomic E-state index is 12.7. The lowest BCUT2D eigenvalue weighted by Crippen LogP contribution is -2.36. The van der Waals surface area contributed by atoms with Gasteiger partial charge in [0.25, 0.3) is 5.91 Å². The van der Waals surface area contributed by atoms with E-state index in [1.54, 1.807) is 13.2 Å². The summed E-state index contributed by atoms with van der Waals surface area (Å²) in [4.78, 5) is 16.6. The Morgan fingerprint density at radius 2 is 1.95 bits per heavy atom. The van der Waals surface area contributed by atoms with E-state index in [0.717, 1.165) is 18.5 Å². The molecule has 0 saturated carbocycles. The number of methoxy groups -OCH3 is 1. The fourth-order valence-electron chi connectivity index (χ4n) is 2.13. The lowest BCUT2D eigenvalue weighted by atomic mass is 10.1. The Hall–Kier alpha value is -1.59. The van der Waals surface area contributed by atoms with Crippen LogP contribution in [0.25, 0.3) is 0 Å². The highest BCUT2D eigenvalue weighted by Crippen LogP contribution is 2.18. The Morgan fingerprint density at radius 1 is 1.24 bits per heavy atom. The van der Waals surface area contributed by atoms with Gasteiger partial charge in [0.2, 0.25) is 0 Å². The molecule has 0 aliphatic carbocycles. The van der Waals surface area contributed by atoms with Gasteiger partial charge in [-0.3, -0.25) is 4.79 Å². The summed E-state index contributed by atoms with van der Waals surface area (Å²) in [6, 6.07) is 5.57. The lowest BCUT2D eigenvalue weighted by molar-refractivity contribution is 0.0690. The molecule has 0 aliphatic rings. The first-order valence-electron chi connectivity index (χ1n) is 7.25. The third-order valence-electron chi connectivity index (χ3n) is 3.44. The Labute approximate surface area is 127 Å². The molecule has 0 atom stereocenters. The van der Waals surface area contributed by atoms with Crippen LogP contribution in [0.2, 0.25) is 0 Å². The number of benzene rings is 1. The summed E-state index contributed by atoms with van der Waals surface area (Å²) in [6.07, 6.45) is 0.925. The highest BCUT2D eigenvalue weighted by molar-refractivity contribution is 5.99. The number of carbonyl (C=O) groups is 1. The Morgan fingerprint density at radius 3 is 2.57 bits per heavy atom. The minimum absolute atomic E-state index is 0.0213. The van der Waals surface area contributed by atoms with E-state index in [2.05, 4.69) is 4.90 Å². The van der Waals surface area contributed by atoms with Crippen molar-refractivity contribution in [2.75, 3.05) is 53.2 Å². The number of amides is 1. The second-order valence-electron chi connectivity index (χ2n) is 5.48. The summed E-state index contributed by atoms with van der Waals surface area (Å²) < 4.78 is 5.10. The molecule has 1 amide bonds. The molecule has 0 fully saturated rings. The first-order valence-corrected chi connectivity index (χ1v) is 7.25. The van der Waals surface area contributed by atoms with Crippen LogP contribution in [-0.4, -0.2) is 63.2 Å². The van der Waals surface area contributed by atoms with Crippen molar-refractivity contribution in [3.8, 4) is 0 Å². The number of ether oxygens (including phenoxy) is 1. The zero-order valence-electron chi connectivity index (χ0n) is 13.6. The maximum absolute atomic E-state index is 12.7. The third kappa shape index (κ3) is 5.36. The average molecular weight is 293 g/mol. The molecule has 0 spiro atoms. The summed E-state index contributed by atoms with van der Waals surface area (Å²) in [5.74, 6) is -0.0213. The van der Waals surface area contributed by atoms with Gasteiger partial charge in [-0.1, -0.05) is 12.1 Å². The SMILES string of the molecule is COCCN(CCCN(C)C)C(=O)c1cccc(C)c1N. The van der Waals surface area contributed by atoms with E-state index in [1.807, 2.05) is 38.1 Å². The molecule has 0 bridgehead atoms. The molecule has 0 radical (unpaired) electrons. The fourth-order valence-corrected chi connectivity index (χ4v) is 2.13. The van der Waals surface area contributed by atoms with Crippen LogP contribution in [0.15, 0.2) is 18.2 Å². The monoisotopic (exact) mass is 293 g/mol. The van der Waals surface area contributed by atoms with Crippen LogP contribution in [0.4, 0.5) is 5.69 Å². The smallest absolute Gasteiger partial charge is 0.256 e. The first kappa shape index (κ1) is 17.5. The Balaban J connectivity index is 2.80. The van der Waals surface area contributed by atoms with Gasteiger partial charge in [0.15, 0.2) is 0 Å². The van der Waals surface area contributed by atoms with Crippen molar-refractivity contribution < 1.29 is 9.53 Å². The number of nitrogen functional groups attached to an aromatic ring is 1. The first-order chi connectivity index (χ1) is 9.97. The molecular formula is C16H27N3O2. The number of anilines is 1. The van der Waals surface area contributed by atoms with Gasteiger partial charge in [0.1, 0.15) is 0 Å². The molecule has 0 aromatic heterocycles. The highest BCUT2D eigenvalue weighted by Gasteiger charge is 2.18. The summed E-state index contributed by atoms with van der Waals surface area (Å²) in [5.41, 5.74) is 8.12. The molecule has 0 unspecified atom stereocenters. The van der Waals surface area contributed by atoms with Crippen LogP contribution in [0.1, 0.15) is 22.3 Å². The van der Waals surface area contributed by atoms with Gasteiger partial charge in [-0.15, -0.1) is 0 Å². The summed E-state index contributed by atoms with van der Waals surface area (Å²) in [5, 5.41) is 0. The maximum Gasteiger partial charge on any atom is 0.256 e. The van der Waals surface area contributed by atoms with Crippen molar-refractivity contribution in [3.63, 3.8) is 0 Å². The normalized spacial score (nSPS) is 10.9. The third-order valence-corrected chi connectivity index (χ3v) is 3.44. The number of para-hydroxylation sites is 1. The molecule has 5 nitrogen and oxygen atoms in total. The van der Waals surface area contributed by atoms with Gasteiger partial charge in [0, 0.05) is 25.9 Å². The standard InChI is InChI=1S/C16H27N3O2/c1-13-7-5-8-14(15(13)17)16(20)19(11-12-21-4)10-6-9-18(2)3/h5,7-8H,6,9-12,17H2,1-4H3. The van der Waals surface area contributed by atoms with Gasteiger partial charge in [-0.05, 0) is 45.6 Å². The minimum atomic E-state index is -0.0213. The van der Waals surface area contributed by atoms with E-state index in [-0.39, 0.29) is 5.91 Å². The molecule has 0 heterocycles. The van der Waals surface area contributed by atoms with E-state index in [9.17, 15) is 4.79 Å². The van der Waals surface area contributed by atoms with Crippen LogP contribution in [0.5, 0.6) is 0 Å². The second-order valence-corrected chi connectivity index (χ2v) is 5.48. The van der Waals surface area contributed by atoms with Crippen molar-refractivity contribution in [3.05, 3.63) is 29.3 Å². The van der Waals surface area contributed by atoms with Crippen LogP contribution in [0.3, 0.4) is 0 Å². The quantitative estimate of drug-likeness (QED) is 0.740. The van der Waals surface area contributed by atoms with Crippen LogP contribution < -0.4 is 5.73 Å². The van der Waals surface area contributed by atoms with Gasteiger partial charge in [-0.25, -0.2) is 0 Å². The van der Waals surface area contributed by atoms with Crippen molar-refractivity contribution in [2.45, 2.75) is 13.3 Å². The van der Waals surface area contributed by atoms with Crippen molar-refractivity contribution in [1.29, 1.82) is 0 Å². The van der Waals surface area contributed by atoms with E-state index >= 15 is 0 Å². The minimum Gasteiger partial charge on any atom is -0.398 e. The predicted molar refractivity (Wildman–Crippen MR) is 86.5 cm³/mol. The molecular weight excluding hydrogens is 266 g/mol. The number of nitrogens with two attached hydrogens (primary N) is 1. The summed E-state index contributed by atoms with van der Waals surface area (Å²) in [7, 11) is 5.70. The number of aryl methyl sites for hydroxylation is 1. The second kappa shape index (κ2) is 8.64. The number of nitrogens with zero attached hydrogens (tertiary/aromatic N) is 2. The van der Waals surface area contributed by atoms with Gasteiger partial charge < -0.3 is 20.3 Å². The molecule has 1 aromatic carbocycles. The number of hydrogen-bond donors (Lipinski definition) is 1. The van der Waals surface area contributed by atoms with Crippen LogP contribution >= 0.6 is 0 Å². The van der Waals surface area contributed by atoms with Gasteiger partial charge >= 0.3 is 0 Å². The van der Waals surface area contributed by atoms with Crippen molar-refractivity contribution >= 4 is 11.6 Å². The van der Waals surface area contributed by atoms with E-state index in [1.165, 1.54) is 0 Å². The molecule has 1 rings (SSSR count). The van der Waals surface area contributed by atoms with E-state index in [4.69, 9.17) is 10.5 Å². The van der Waals surface area contributed by atoms with Crippen molar-refractivity contribution in [2.24, 2.45) is 0 Å². The van der Waals surface area contributed by atoms with Crippen LogP contribution in [-0.2, 0) is 4.74 Å². The molecule has 1 aromatic rings. The van der Waals surface area contributed by atoms with Gasteiger partial charge in [-0.2, -0.15) is 0 Å². The lowest BCUT2D eigenvalue weighted by Gasteiger charge is -2.24. The zero-order chi connectivity index (χ0) is 15.8. The topological polar surface area (TPSA) is 58.8 Å². The van der Waals surface area contributed by atoms with Crippen LogP contribution in [0, 0.1) is 6.92 Å². The largest absolute Gasteiger partial charge is 0.398 e. The molecule has 5 heteroatoms. The number of hydrogen-bond acceptors (Lipinski definition) is 4. The molecule has 2 N–H and O–H groups in total. The van der Waals surface area contributed by atoms with Crippen molar-refractivity contribution in [1.82, 2.24) is 9.80 Å². The average Bonchev–Trinajstić information content (AvgIpc) is 2.44. The Kier molecular flexibility index (Phi) is 7.19. The zero-order valence-corrected chi connectivity index (χ0v) is 13.6. The Bertz CT molecular complexity index is 461. The van der Waals surface area contributed by atoms with E-state index < -0.39 is 0 Å². The van der Waals surface area contributed by atoms with Gasteiger partial charge in [0.05, 0.1) is 12.2 Å².